The van der Waals surface area contributed by atoms with Crippen LogP contribution >= 0.6 is 0 Å². The monoisotopic (exact) mass is 433 g/mol. The largest absolute Gasteiger partial charge is 0.449 e. The first-order valence-corrected chi connectivity index (χ1v) is 9.97. The Morgan fingerprint density at radius 2 is 1.66 bits per heavy atom. The highest BCUT2D eigenvalue weighted by atomic mass is 19.1. The molecule has 1 aliphatic rings. The predicted molar refractivity (Wildman–Crippen MR) is 112 cm³/mol. The first-order chi connectivity index (χ1) is 15.6. The molecule has 6 nitrogen and oxygen atoms in total. The van der Waals surface area contributed by atoms with Gasteiger partial charge in [-0.25, -0.2) is 13.6 Å². The van der Waals surface area contributed by atoms with Crippen molar-refractivity contribution in [1.82, 2.24) is 15.5 Å². The maximum Gasteiger partial charge on any atom is 0.407 e. The van der Waals surface area contributed by atoms with Gasteiger partial charge in [0.1, 0.15) is 24.8 Å². The zero-order chi connectivity index (χ0) is 22.1. The van der Waals surface area contributed by atoms with Crippen LogP contribution in [0.4, 0.5) is 13.6 Å². The second-order valence-corrected chi connectivity index (χ2v) is 7.31. The van der Waals surface area contributed by atoms with Gasteiger partial charge >= 0.3 is 6.09 Å². The van der Waals surface area contributed by atoms with Crippen LogP contribution in [0.5, 0.6) is 0 Å². The first kappa shape index (κ1) is 19.9. The number of alkyl carbamates (subject to hydrolysis) is 1. The smallest absolute Gasteiger partial charge is 0.407 e. The van der Waals surface area contributed by atoms with Gasteiger partial charge < -0.3 is 14.6 Å². The number of hydrogen-bond acceptors (Lipinski definition) is 5. The minimum Gasteiger partial charge on any atom is -0.449 e. The third kappa shape index (κ3) is 3.71. The third-order valence-electron chi connectivity index (χ3n) is 5.37. The number of carbonyl (C=O) groups is 1. The van der Waals surface area contributed by atoms with E-state index in [4.69, 9.17) is 9.26 Å². The Kier molecular flexibility index (Phi) is 5.10. The van der Waals surface area contributed by atoms with E-state index in [0.717, 1.165) is 40.5 Å². The standard InChI is InChI=1S/C24H17F2N3O3/c25-14-9-10-21(26)19(11-14)23-28-22(32-29-23)12-27-24(30)31-13-20-17-7-3-1-5-15(17)16-6-2-4-8-18(16)20/h1-11,20H,12-13H2,(H,27,30). The molecule has 160 valence electrons. The molecule has 0 saturated heterocycles. The van der Waals surface area contributed by atoms with Gasteiger partial charge in [0.05, 0.1) is 5.56 Å². The number of rotatable bonds is 5. The molecule has 3 aromatic carbocycles. The van der Waals surface area contributed by atoms with Crippen molar-refractivity contribution < 1.29 is 22.8 Å². The Bertz CT molecular complexity index is 1260. The molecule has 1 aliphatic carbocycles. The van der Waals surface area contributed by atoms with E-state index in [2.05, 4.69) is 27.6 Å². The molecule has 0 bridgehead atoms. The molecule has 1 N–H and O–H groups in total. The van der Waals surface area contributed by atoms with E-state index in [1.54, 1.807) is 0 Å². The maximum absolute atomic E-state index is 13.9. The lowest BCUT2D eigenvalue weighted by atomic mass is 9.98. The van der Waals surface area contributed by atoms with Gasteiger partial charge in [0.2, 0.25) is 11.7 Å². The van der Waals surface area contributed by atoms with E-state index in [-0.39, 0.29) is 36.3 Å². The topological polar surface area (TPSA) is 77.3 Å². The van der Waals surface area contributed by atoms with E-state index in [1.165, 1.54) is 0 Å². The van der Waals surface area contributed by atoms with E-state index in [9.17, 15) is 13.6 Å². The van der Waals surface area contributed by atoms with Crippen LogP contribution in [0.1, 0.15) is 22.9 Å². The Labute approximate surface area is 181 Å². The maximum atomic E-state index is 13.9. The molecular weight excluding hydrogens is 416 g/mol. The van der Waals surface area contributed by atoms with Crippen molar-refractivity contribution in [3.63, 3.8) is 0 Å². The summed E-state index contributed by atoms with van der Waals surface area (Å²) in [5.74, 6) is -1.42. The fraction of sp³-hybridized carbons (Fsp3) is 0.125. The SMILES string of the molecule is O=C(NCc1nc(-c2cc(F)ccc2F)no1)OCC1c2ccccc2-c2ccccc21. The molecule has 1 heterocycles. The van der Waals surface area contributed by atoms with Crippen LogP contribution in [0.25, 0.3) is 22.5 Å². The summed E-state index contributed by atoms with van der Waals surface area (Å²) < 4.78 is 37.7. The molecule has 8 heteroatoms. The van der Waals surface area contributed by atoms with Crippen LogP contribution in [-0.4, -0.2) is 22.8 Å². The van der Waals surface area contributed by atoms with Crippen LogP contribution in [0, 0.1) is 11.6 Å². The zero-order valence-corrected chi connectivity index (χ0v) is 16.7. The number of nitrogens with one attached hydrogen (secondary N) is 1. The number of amides is 1. The Balaban J connectivity index is 1.22. The van der Waals surface area contributed by atoms with Gasteiger partial charge in [-0.05, 0) is 40.5 Å². The number of nitrogens with zero attached hydrogens (tertiary/aromatic N) is 2. The summed E-state index contributed by atoms with van der Waals surface area (Å²) >= 11 is 0. The molecule has 5 rings (SSSR count). The third-order valence-corrected chi connectivity index (χ3v) is 5.37. The van der Waals surface area contributed by atoms with Gasteiger partial charge in [-0.3, -0.25) is 0 Å². The number of benzene rings is 3. The molecule has 0 radical (unpaired) electrons. The summed E-state index contributed by atoms with van der Waals surface area (Å²) in [6.07, 6.45) is -0.649. The van der Waals surface area contributed by atoms with Crippen LogP contribution in [-0.2, 0) is 11.3 Å². The fourth-order valence-corrected chi connectivity index (χ4v) is 3.90. The second kappa shape index (κ2) is 8.22. The highest BCUT2D eigenvalue weighted by Crippen LogP contribution is 2.44. The quantitative estimate of drug-likeness (QED) is 0.476. The first-order valence-electron chi connectivity index (χ1n) is 9.97. The van der Waals surface area contributed by atoms with Gasteiger partial charge in [0.15, 0.2) is 0 Å². The highest BCUT2D eigenvalue weighted by molar-refractivity contribution is 5.79. The molecule has 0 aliphatic heterocycles. The summed E-state index contributed by atoms with van der Waals surface area (Å²) in [4.78, 5) is 16.2. The molecule has 0 atom stereocenters. The number of fused-ring (bicyclic) bond motifs is 3. The van der Waals surface area contributed by atoms with Crippen molar-refractivity contribution >= 4 is 6.09 Å². The fourth-order valence-electron chi connectivity index (χ4n) is 3.90. The number of carbonyl (C=O) groups excluding carboxylic acids is 1. The van der Waals surface area contributed by atoms with Crippen LogP contribution in [0.2, 0.25) is 0 Å². The van der Waals surface area contributed by atoms with Gasteiger partial charge in [-0.15, -0.1) is 0 Å². The summed E-state index contributed by atoms with van der Waals surface area (Å²) in [6, 6.07) is 19.0. The molecule has 1 aromatic heterocycles. The van der Waals surface area contributed by atoms with Crippen molar-refractivity contribution in [3.05, 3.63) is 95.4 Å². The van der Waals surface area contributed by atoms with Crippen molar-refractivity contribution in [1.29, 1.82) is 0 Å². The van der Waals surface area contributed by atoms with Crippen LogP contribution in [0.15, 0.2) is 71.3 Å². The van der Waals surface area contributed by atoms with Crippen LogP contribution in [0.3, 0.4) is 0 Å². The Morgan fingerprint density at radius 1 is 0.969 bits per heavy atom. The lowest BCUT2D eigenvalue weighted by molar-refractivity contribution is 0.141. The summed E-state index contributed by atoms with van der Waals surface area (Å²) in [7, 11) is 0. The predicted octanol–water partition coefficient (Wildman–Crippen LogP) is 5.05. The van der Waals surface area contributed by atoms with Gasteiger partial charge in [0.25, 0.3) is 0 Å². The zero-order valence-electron chi connectivity index (χ0n) is 16.7. The summed E-state index contributed by atoms with van der Waals surface area (Å²) in [6.45, 7) is 0.0596. The van der Waals surface area contributed by atoms with Crippen molar-refractivity contribution in [2.75, 3.05) is 6.61 Å². The average Bonchev–Trinajstić information content (AvgIpc) is 3.41. The molecule has 0 unspecified atom stereocenters. The van der Waals surface area contributed by atoms with Gasteiger partial charge in [-0.1, -0.05) is 53.7 Å². The molecule has 4 aromatic rings. The summed E-state index contributed by atoms with van der Waals surface area (Å²) in [5, 5.41) is 6.18. The van der Waals surface area contributed by atoms with Gasteiger partial charge in [0, 0.05) is 5.92 Å². The van der Waals surface area contributed by atoms with Crippen molar-refractivity contribution in [2.45, 2.75) is 12.5 Å². The molecule has 0 spiro atoms. The number of ether oxygens (including phenoxy) is 1. The minimum atomic E-state index is -0.678. The molecule has 1 amide bonds. The number of halogens is 2. The van der Waals surface area contributed by atoms with E-state index >= 15 is 0 Å². The number of aromatic nitrogens is 2. The molecule has 0 fully saturated rings. The van der Waals surface area contributed by atoms with Crippen LogP contribution < -0.4 is 5.32 Å². The molecule has 32 heavy (non-hydrogen) atoms. The van der Waals surface area contributed by atoms with E-state index in [1.807, 2.05) is 36.4 Å². The number of hydrogen-bond donors (Lipinski definition) is 1. The normalized spacial score (nSPS) is 12.3. The van der Waals surface area contributed by atoms with E-state index in [0.29, 0.717) is 0 Å². The minimum absolute atomic E-state index is 0.0390. The molecule has 0 saturated carbocycles. The molecular formula is C24H17F2N3O3. The second-order valence-electron chi connectivity index (χ2n) is 7.31. The average molecular weight is 433 g/mol. The summed E-state index contributed by atoms with van der Waals surface area (Å²) in [5.41, 5.74) is 4.38. The Hall–Kier alpha value is -4.07. The van der Waals surface area contributed by atoms with E-state index < -0.39 is 17.7 Å². The van der Waals surface area contributed by atoms with Gasteiger partial charge in [-0.2, -0.15) is 4.98 Å². The van der Waals surface area contributed by atoms with Crippen molar-refractivity contribution in [2.24, 2.45) is 0 Å². The lowest BCUT2D eigenvalue weighted by Gasteiger charge is -2.14. The lowest BCUT2D eigenvalue weighted by Crippen LogP contribution is -2.25. The van der Waals surface area contributed by atoms with Crippen molar-refractivity contribution in [3.8, 4) is 22.5 Å². The highest BCUT2D eigenvalue weighted by Gasteiger charge is 2.29. The Morgan fingerprint density at radius 3 is 2.38 bits per heavy atom.